The third-order valence-electron chi connectivity index (χ3n) is 6.01. The van der Waals surface area contributed by atoms with Crippen LogP contribution in [-0.2, 0) is 11.8 Å². The van der Waals surface area contributed by atoms with E-state index in [0.29, 0.717) is 11.3 Å². The number of hydrogen-bond acceptors (Lipinski definition) is 4. The van der Waals surface area contributed by atoms with Crippen LogP contribution in [0.3, 0.4) is 0 Å². The minimum atomic E-state index is 0.383. The van der Waals surface area contributed by atoms with Gasteiger partial charge < -0.3 is 0 Å². The first kappa shape index (κ1) is 19.7. The lowest BCUT2D eigenvalue weighted by molar-refractivity contribution is 0.471. The van der Waals surface area contributed by atoms with Crippen molar-refractivity contribution in [2.45, 2.75) is 58.8 Å². The van der Waals surface area contributed by atoms with Crippen molar-refractivity contribution in [3.05, 3.63) is 57.3 Å². The average molecular weight is 455 g/mol. The summed E-state index contributed by atoms with van der Waals surface area (Å²) < 4.78 is 0. The molecular formula is C25H26S4. The molecule has 0 aromatic carbocycles. The van der Waals surface area contributed by atoms with Crippen molar-refractivity contribution in [1.29, 1.82) is 0 Å². The molecule has 5 rings (SSSR count). The number of thiophene rings is 4. The van der Waals surface area contributed by atoms with Gasteiger partial charge in [0.2, 0.25) is 0 Å². The van der Waals surface area contributed by atoms with Gasteiger partial charge >= 0.3 is 0 Å². The second-order valence-corrected chi connectivity index (χ2v) is 13.1. The van der Waals surface area contributed by atoms with Crippen molar-refractivity contribution >= 4 is 45.3 Å². The Morgan fingerprint density at radius 2 is 1.38 bits per heavy atom. The van der Waals surface area contributed by atoms with Gasteiger partial charge in [-0.1, -0.05) is 27.7 Å². The van der Waals surface area contributed by atoms with E-state index < -0.39 is 0 Å². The number of fused-ring (bicyclic) bond motifs is 1. The predicted molar refractivity (Wildman–Crippen MR) is 134 cm³/mol. The SMILES string of the molecule is CCC(C)c1sc(-c2ccc(-c3ccc(-c4cc5c(s4)C(C)(C)C5)s3)s2)cc1C. The maximum Gasteiger partial charge on any atom is 0.0449 e. The highest BCUT2D eigenvalue weighted by molar-refractivity contribution is 7.28. The van der Waals surface area contributed by atoms with Crippen LogP contribution in [0, 0.1) is 6.92 Å². The fourth-order valence-corrected chi connectivity index (χ4v) is 9.06. The zero-order valence-electron chi connectivity index (χ0n) is 17.6. The summed E-state index contributed by atoms with van der Waals surface area (Å²) in [5.74, 6) is 0.654. The second-order valence-electron chi connectivity index (χ2n) is 8.82. The van der Waals surface area contributed by atoms with Crippen LogP contribution < -0.4 is 0 Å². The maximum atomic E-state index is 2.42. The molecule has 0 N–H and O–H groups in total. The van der Waals surface area contributed by atoms with Crippen LogP contribution in [0.25, 0.3) is 29.3 Å². The number of aryl methyl sites for hydroxylation is 1. The first-order valence-corrected chi connectivity index (χ1v) is 13.6. The van der Waals surface area contributed by atoms with Gasteiger partial charge in [-0.3, -0.25) is 0 Å². The Hall–Kier alpha value is -1.20. The van der Waals surface area contributed by atoms with Gasteiger partial charge in [0.05, 0.1) is 0 Å². The topological polar surface area (TPSA) is 0 Å². The standard InChI is InChI=1S/C25H26S4/c1-6-14(2)23-15(3)11-21(28-23)19-9-7-17(26-19)18-8-10-20(27-18)22-12-16-13-25(4,5)24(16)29-22/h7-12,14H,6,13H2,1-5H3. The minimum Gasteiger partial charge on any atom is -0.139 e. The molecule has 4 aromatic heterocycles. The van der Waals surface area contributed by atoms with Crippen LogP contribution in [-0.4, -0.2) is 0 Å². The molecule has 150 valence electrons. The van der Waals surface area contributed by atoms with Gasteiger partial charge in [-0.2, -0.15) is 0 Å². The van der Waals surface area contributed by atoms with Gasteiger partial charge in [0, 0.05) is 44.4 Å². The Morgan fingerprint density at radius 1 is 0.828 bits per heavy atom. The third kappa shape index (κ3) is 3.38. The van der Waals surface area contributed by atoms with Crippen molar-refractivity contribution in [2.75, 3.05) is 0 Å². The highest BCUT2D eigenvalue weighted by Crippen LogP contribution is 2.50. The Balaban J connectivity index is 1.41. The summed E-state index contributed by atoms with van der Waals surface area (Å²) >= 11 is 7.85. The molecule has 0 nitrogen and oxygen atoms in total. The largest absolute Gasteiger partial charge is 0.139 e. The fraction of sp³-hybridized carbons (Fsp3) is 0.360. The molecule has 1 atom stereocenters. The monoisotopic (exact) mass is 454 g/mol. The zero-order valence-corrected chi connectivity index (χ0v) is 20.9. The van der Waals surface area contributed by atoms with E-state index in [9.17, 15) is 0 Å². The van der Waals surface area contributed by atoms with E-state index in [1.54, 1.807) is 15.3 Å². The molecule has 1 aliphatic carbocycles. The summed E-state index contributed by atoms with van der Waals surface area (Å²) in [6.45, 7) is 11.6. The van der Waals surface area contributed by atoms with Crippen molar-refractivity contribution in [3.63, 3.8) is 0 Å². The summed E-state index contributed by atoms with van der Waals surface area (Å²) in [5.41, 5.74) is 3.40. The van der Waals surface area contributed by atoms with Crippen LogP contribution in [0.2, 0.25) is 0 Å². The van der Waals surface area contributed by atoms with Crippen molar-refractivity contribution in [1.82, 2.24) is 0 Å². The first-order chi connectivity index (χ1) is 13.9. The van der Waals surface area contributed by atoms with Gasteiger partial charge in [0.25, 0.3) is 0 Å². The highest BCUT2D eigenvalue weighted by Gasteiger charge is 2.36. The highest BCUT2D eigenvalue weighted by atomic mass is 32.1. The lowest BCUT2D eigenvalue weighted by atomic mass is 9.73. The molecule has 4 aromatic rings. The fourth-order valence-electron chi connectivity index (χ4n) is 4.20. The average Bonchev–Trinajstić information content (AvgIpc) is 3.44. The minimum absolute atomic E-state index is 0.383. The Bertz CT molecular complexity index is 1180. The van der Waals surface area contributed by atoms with Gasteiger partial charge in [0.1, 0.15) is 0 Å². The lowest BCUT2D eigenvalue weighted by Gasteiger charge is -2.34. The van der Waals surface area contributed by atoms with Crippen LogP contribution >= 0.6 is 45.3 Å². The molecule has 0 aliphatic heterocycles. The summed E-state index contributed by atoms with van der Waals surface area (Å²) in [4.78, 5) is 11.6. The second kappa shape index (κ2) is 7.19. The number of hydrogen-bond donors (Lipinski definition) is 0. The van der Waals surface area contributed by atoms with Gasteiger partial charge in [0.15, 0.2) is 0 Å². The van der Waals surface area contributed by atoms with Crippen LogP contribution in [0.15, 0.2) is 36.4 Å². The summed E-state index contributed by atoms with van der Waals surface area (Å²) in [6, 6.07) is 14.0. The van der Waals surface area contributed by atoms with Crippen molar-refractivity contribution in [2.24, 2.45) is 0 Å². The molecule has 0 saturated carbocycles. The van der Waals surface area contributed by atoms with Gasteiger partial charge in [-0.15, -0.1) is 45.3 Å². The van der Waals surface area contributed by atoms with Gasteiger partial charge in [-0.25, -0.2) is 0 Å². The summed E-state index contributed by atoms with van der Waals surface area (Å²) in [7, 11) is 0. The van der Waals surface area contributed by atoms with Crippen LogP contribution in [0.1, 0.15) is 60.9 Å². The molecule has 4 heteroatoms. The normalized spacial score (nSPS) is 15.9. The molecule has 0 radical (unpaired) electrons. The van der Waals surface area contributed by atoms with E-state index in [0.717, 1.165) is 0 Å². The molecule has 0 bridgehead atoms. The summed E-state index contributed by atoms with van der Waals surface area (Å²) in [5, 5.41) is 0. The molecule has 4 heterocycles. The Labute approximate surface area is 189 Å². The molecule has 29 heavy (non-hydrogen) atoms. The van der Waals surface area contributed by atoms with E-state index in [2.05, 4.69) is 71.0 Å². The van der Waals surface area contributed by atoms with Crippen LogP contribution in [0.4, 0.5) is 0 Å². The Kier molecular flexibility index (Phi) is 4.90. The van der Waals surface area contributed by atoms with E-state index >= 15 is 0 Å². The van der Waals surface area contributed by atoms with Crippen molar-refractivity contribution < 1.29 is 0 Å². The maximum absolute atomic E-state index is 2.42. The van der Waals surface area contributed by atoms with E-state index in [4.69, 9.17) is 0 Å². The lowest BCUT2D eigenvalue weighted by Crippen LogP contribution is -2.29. The van der Waals surface area contributed by atoms with E-state index in [-0.39, 0.29) is 0 Å². The first-order valence-electron chi connectivity index (χ1n) is 10.3. The number of rotatable bonds is 5. The van der Waals surface area contributed by atoms with Gasteiger partial charge in [-0.05, 0) is 73.2 Å². The van der Waals surface area contributed by atoms with E-state index in [1.807, 2.05) is 45.3 Å². The van der Waals surface area contributed by atoms with Crippen LogP contribution in [0.5, 0.6) is 0 Å². The smallest absolute Gasteiger partial charge is 0.0449 e. The molecule has 0 amide bonds. The summed E-state index contributed by atoms with van der Waals surface area (Å²) in [6.07, 6.45) is 2.43. The van der Waals surface area contributed by atoms with E-state index in [1.165, 1.54) is 47.7 Å². The molecule has 0 fully saturated rings. The molecule has 1 unspecified atom stereocenters. The quantitative estimate of drug-likeness (QED) is 0.281. The Morgan fingerprint density at radius 3 is 1.90 bits per heavy atom. The zero-order chi connectivity index (χ0) is 20.3. The molecule has 1 aliphatic rings. The van der Waals surface area contributed by atoms with Crippen molar-refractivity contribution in [3.8, 4) is 29.3 Å². The predicted octanol–water partition coefficient (Wildman–Crippen LogP) is 9.59. The molecule has 0 spiro atoms. The molecule has 0 saturated heterocycles. The molecular weight excluding hydrogens is 429 g/mol. The third-order valence-corrected chi connectivity index (χ3v) is 11.8.